The third-order valence-corrected chi connectivity index (χ3v) is 2.74. The first-order valence-corrected chi connectivity index (χ1v) is 6.55. The van der Waals surface area contributed by atoms with E-state index in [4.69, 9.17) is 10.5 Å². The summed E-state index contributed by atoms with van der Waals surface area (Å²) in [6, 6.07) is 0. The van der Waals surface area contributed by atoms with E-state index in [0.717, 1.165) is 0 Å². The first-order valence-electron chi connectivity index (χ1n) is 4.64. The number of hydrogen-bond acceptors (Lipinski definition) is 5. The van der Waals surface area contributed by atoms with Gasteiger partial charge in [-0.2, -0.15) is 0 Å². The Hall–Kier alpha value is -0.820. The lowest BCUT2D eigenvalue weighted by molar-refractivity contribution is -0.141. The summed E-state index contributed by atoms with van der Waals surface area (Å²) in [5.74, 6) is 0.109. The van der Waals surface area contributed by atoms with Gasteiger partial charge in [0.1, 0.15) is 6.61 Å². The molecule has 0 spiro atoms. The maximum atomic E-state index is 10.8. The minimum atomic E-state index is -0.328. The van der Waals surface area contributed by atoms with Crippen molar-refractivity contribution in [2.24, 2.45) is 10.7 Å². The van der Waals surface area contributed by atoms with Crippen LogP contribution in [-0.2, 0) is 14.3 Å². The first-order chi connectivity index (χ1) is 8.01. The van der Waals surface area contributed by atoms with E-state index in [0.29, 0.717) is 21.4 Å². The second-order valence-electron chi connectivity index (χ2n) is 2.83. The van der Waals surface area contributed by atoms with Gasteiger partial charge < -0.3 is 15.2 Å². The fourth-order valence-electron chi connectivity index (χ4n) is 0.676. The van der Waals surface area contributed by atoms with Gasteiger partial charge in [0, 0.05) is 11.9 Å². The van der Waals surface area contributed by atoms with Crippen LogP contribution in [0.25, 0.3) is 0 Å². The molecule has 0 aliphatic rings. The molecular formula is C10H14Br2N2O3. The highest BCUT2D eigenvalue weighted by molar-refractivity contribution is 9.12. The van der Waals surface area contributed by atoms with Crippen LogP contribution >= 0.6 is 31.9 Å². The standard InChI is InChI=1S/C10H14Br2N2O3/c1-7(13)8(12)6-14-9(5-11)17-4-3-10(15)16-2/h6H,1,3-5,13H2,2H3/b8-6+,14-9+. The second-order valence-corrected chi connectivity index (χ2v) is 4.25. The summed E-state index contributed by atoms with van der Waals surface area (Å²) in [6.07, 6.45) is 1.66. The summed E-state index contributed by atoms with van der Waals surface area (Å²) in [6.45, 7) is 3.75. The number of nitrogens with two attached hydrogens (primary N) is 1. The number of rotatable bonds is 6. The van der Waals surface area contributed by atoms with Crippen molar-refractivity contribution in [2.75, 3.05) is 19.0 Å². The number of alkyl halides is 1. The van der Waals surface area contributed by atoms with Gasteiger partial charge in [-0.15, -0.1) is 0 Å². The second kappa shape index (κ2) is 9.23. The Morgan fingerprint density at radius 1 is 1.59 bits per heavy atom. The number of nitrogens with zero attached hydrogens (tertiary/aromatic N) is 1. The molecule has 0 saturated heterocycles. The molecule has 0 aromatic heterocycles. The normalized spacial score (nSPS) is 12.2. The van der Waals surface area contributed by atoms with Crippen LogP contribution in [0.2, 0.25) is 0 Å². The van der Waals surface area contributed by atoms with Gasteiger partial charge in [0.15, 0.2) is 5.90 Å². The molecule has 0 heterocycles. The molecule has 0 amide bonds. The van der Waals surface area contributed by atoms with E-state index in [1.165, 1.54) is 13.3 Å². The van der Waals surface area contributed by atoms with Gasteiger partial charge in [0.05, 0.1) is 23.3 Å². The number of hydrogen-bond donors (Lipinski definition) is 1. The van der Waals surface area contributed by atoms with Crippen LogP contribution in [-0.4, -0.2) is 30.9 Å². The van der Waals surface area contributed by atoms with Crippen molar-refractivity contribution in [3.05, 3.63) is 23.0 Å². The molecule has 0 aliphatic carbocycles. The lowest BCUT2D eigenvalue weighted by atomic mass is 10.5. The van der Waals surface area contributed by atoms with Crippen molar-refractivity contribution in [1.82, 2.24) is 0 Å². The highest BCUT2D eigenvalue weighted by Crippen LogP contribution is 2.10. The van der Waals surface area contributed by atoms with E-state index in [1.807, 2.05) is 0 Å². The fourth-order valence-corrected chi connectivity index (χ4v) is 1.09. The molecule has 0 aliphatic heterocycles. The third-order valence-electron chi connectivity index (χ3n) is 1.55. The first kappa shape index (κ1) is 16.2. The number of allylic oxidation sites excluding steroid dienone is 1. The summed E-state index contributed by atoms with van der Waals surface area (Å²) in [7, 11) is 1.33. The van der Waals surface area contributed by atoms with Crippen molar-refractivity contribution >= 4 is 43.7 Å². The predicted octanol–water partition coefficient (Wildman–Crippen LogP) is 2.07. The van der Waals surface area contributed by atoms with E-state index in [1.54, 1.807) is 0 Å². The number of carbonyl (C=O) groups is 1. The molecule has 17 heavy (non-hydrogen) atoms. The largest absolute Gasteiger partial charge is 0.480 e. The lowest BCUT2D eigenvalue weighted by Gasteiger charge is -2.05. The van der Waals surface area contributed by atoms with E-state index in [9.17, 15) is 4.79 Å². The molecule has 5 nitrogen and oxygen atoms in total. The molecule has 0 unspecified atom stereocenters. The quantitative estimate of drug-likeness (QED) is 0.256. The highest BCUT2D eigenvalue weighted by Gasteiger charge is 2.02. The highest BCUT2D eigenvalue weighted by atomic mass is 79.9. The molecule has 0 saturated carbocycles. The Kier molecular flexibility index (Phi) is 8.79. The van der Waals surface area contributed by atoms with Gasteiger partial charge in [-0.3, -0.25) is 4.79 Å². The summed E-state index contributed by atoms with van der Waals surface area (Å²) >= 11 is 6.40. The van der Waals surface area contributed by atoms with Crippen molar-refractivity contribution in [2.45, 2.75) is 6.42 Å². The van der Waals surface area contributed by atoms with Gasteiger partial charge in [-0.25, -0.2) is 4.99 Å². The molecule has 0 fully saturated rings. The number of methoxy groups -OCH3 is 1. The monoisotopic (exact) mass is 368 g/mol. The number of halogens is 2. The molecule has 0 atom stereocenters. The van der Waals surface area contributed by atoms with Crippen molar-refractivity contribution < 1.29 is 14.3 Å². The van der Waals surface area contributed by atoms with E-state index in [-0.39, 0.29) is 19.0 Å². The summed E-state index contributed by atoms with van der Waals surface area (Å²) in [5, 5.41) is 0.433. The summed E-state index contributed by atoms with van der Waals surface area (Å²) in [5.41, 5.74) is 5.80. The van der Waals surface area contributed by atoms with Crippen LogP contribution in [0.5, 0.6) is 0 Å². The van der Waals surface area contributed by atoms with E-state index in [2.05, 4.69) is 48.2 Å². The SMILES string of the molecule is C=C(N)/C(Br)=C\N=C(/CBr)OCCC(=O)OC. The van der Waals surface area contributed by atoms with Gasteiger partial charge in [0.25, 0.3) is 0 Å². The molecule has 0 rings (SSSR count). The van der Waals surface area contributed by atoms with Gasteiger partial charge in [-0.05, 0) is 15.9 Å². The number of aliphatic imine (C=N–C) groups is 1. The van der Waals surface area contributed by atoms with Crippen LogP contribution in [0.1, 0.15) is 6.42 Å². The maximum absolute atomic E-state index is 10.8. The Bertz CT molecular complexity index is 340. The van der Waals surface area contributed by atoms with Crippen LogP contribution in [0, 0.1) is 0 Å². The zero-order chi connectivity index (χ0) is 13.3. The summed E-state index contributed by atoms with van der Waals surface area (Å²) < 4.78 is 10.3. The van der Waals surface area contributed by atoms with Crippen LogP contribution in [0.15, 0.2) is 28.0 Å². The number of ether oxygens (including phenoxy) is 2. The van der Waals surface area contributed by atoms with Crippen LogP contribution < -0.4 is 5.73 Å². The fraction of sp³-hybridized carbons (Fsp3) is 0.400. The minimum absolute atomic E-state index is 0.178. The average Bonchev–Trinajstić information content (AvgIpc) is 2.32. The summed E-state index contributed by atoms with van der Waals surface area (Å²) in [4.78, 5) is 14.9. The Balaban J connectivity index is 4.24. The number of esters is 1. The van der Waals surface area contributed by atoms with Crippen LogP contribution in [0.3, 0.4) is 0 Å². The minimum Gasteiger partial charge on any atom is -0.480 e. The Morgan fingerprint density at radius 2 is 2.24 bits per heavy atom. The topological polar surface area (TPSA) is 73.9 Å². The zero-order valence-corrected chi connectivity index (χ0v) is 12.6. The lowest BCUT2D eigenvalue weighted by Crippen LogP contribution is -2.11. The molecule has 96 valence electrons. The van der Waals surface area contributed by atoms with Gasteiger partial charge >= 0.3 is 5.97 Å². The number of carbonyl (C=O) groups excluding carboxylic acids is 1. The smallest absolute Gasteiger partial charge is 0.308 e. The Morgan fingerprint density at radius 3 is 2.71 bits per heavy atom. The van der Waals surface area contributed by atoms with Crippen LogP contribution in [0.4, 0.5) is 0 Å². The molecule has 7 heteroatoms. The molecule has 0 radical (unpaired) electrons. The van der Waals surface area contributed by atoms with Crippen molar-refractivity contribution in [1.29, 1.82) is 0 Å². The molecular weight excluding hydrogens is 356 g/mol. The van der Waals surface area contributed by atoms with E-state index >= 15 is 0 Å². The van der Waals surface area contributed by atoms with Gasteiger partial charge in [0.2, 0.25) is 0 Å². The maximum Gasteiger partial charge on any atom is 0.308 e. The van der Waals surface area contributed by atoms with Crippen molar-refractivity contribution in [3.8, 4) is 0 Å². The molecule has 2 N–H and O–H groups in total. The molecule has 0 bridgehead atoms. The van der Waals surface area contributed by atoms with Crippen molar-refractivity contribution in [3.63, 3.8) is 0 Å². The van der Waals surface area contributed by atoms with Gasteiger partial charge in [-0.1, -0.05) is 22.5 Å². The molecule has 0 aromatic carbocycles. The Labute approximate surface area is 117 Å². The zero-order valence-electron chi connectivity index (χ0n) is 9.41. The third kappa shape index (κ3) is 7.98. The average molecular weight is 370 g/mol. The molecule has 0 aromatic rings. The predicted molar refractivity (Wildman–Crippen MR) is 74.2 cm³/mol. The van der Waals surface area contributed by atoms with E-state index < -0.39 is 0 Å².